The first kappa shape index (κ1) is 23.8. The Hall–Kier alpha value is -3.33. The third kappa shape index (κ3) is 5.09. The molecule has 1 fully saturated rings. The van der Waals surface area contributed by atoms with E-state index >= 15 is 0 Å². The van der Waals surface area contributed by atoms with Crippen molar-refractivity contribution in [3.05, 3.63) is 59.9 Å². The highest BCUT2D eigenvalue weighted by Gasteiger charge is 2.24. The number of nitrogens with zero attached hydrogens (tertiary/aromatic N) is 1. The van der Waals surface area contributed by atoms with E-state index in [1.807, 2.05) is 12.1 Å². The minimum Gasteiger partial charge on any atom is -0.495 e. The van der Waals surface area contributed by atoms with E-state index in [2.05, 4.69) is 28.8 Å². The number of carboxylic acid groups (broad SMARTS) is 1. The van der Waals surface area contributed by atoms with Gasteiger partial charge in [-0.2, -0.15) is 13.4 Å². The Morgan fingerprint density at radius 2 is 1.85 bits per heavy atom. The van der Waals surface area contributed by atoms with Crippen molar-refractivity contribution in [2.45, 2.75) is 50.0 Å². The largest absolute Gasteiger partial charge is 0.495 e. The van der Waals surface area contributed by atoms with Gasteiger partial charge < -0.3 is 14.3 Å². The molecule has 0 aliphatic heterocycles. The number of ether oxygens (including phenoxy) is 1. The minimum atomic E-state index is -4.08. The zero-order valence-electron chi connectivity index (χ0n) is 19.2. The number of carbonyl (C=O) groups is 1. The Kier molecular flexibility index (Phi) is 6.92. The van der Waals surface area contributed by atoms with Crippen LogP contribution in [0.5, 0.6) is 5.75 Å². The fourth-order valence-corrected chi connectivity index (χ4v) is 5.36. The molecular formula is C25H28N2O6S. The van der Waals surface area contributed by atoms with Crippen LogP contribution in [0.25, 0.3) is 11.5 Å². The Labute approximate surface area is 199 Å². The molecule has 4 rings (SSSR count). The van der Waals surface area contributed by atoms with Crippen molar-refractivity contribution in [1.29, 1.82) is 0 Å². The van der Waals surface area contributed by atoms with Gasteiger partial charge in [-0.05, 0) is 73.4 Å². The number of sulfonamides is 1. The molecule has 0 bridgehead atoms. The van der Waals surface area contributed by atoms with E-state index < -0.39 is 16.0 Å². The van der Waals surface area contributed by atoms with Gasteiger partial charge in [0.05, 0.1) is 18.4 Å². The van der Waals surface area contributed by atoms with E-state index in [9.17, 15) is 13.2 Å². The van der Waals surface area contributed by atoms with Crippen molar-refractivity contribution in [2.24, 2.45) is 5.92 Å². The number of benzene rings is 2. The van der Waals surface area contributed by atoms with Gasteiger partial charge in [0, 0.05) is 5.56 Å². The van der Waals surface area contributed by atoms with Gasteiger partial charge in [0.25, 0.3) is 10.0 Å². The predicted molar refractivity (Wildman–Crippen MR) is 128 cm³/mol. The summed E-state index contributed by atoms with van der Waals surface area (Å²) in [6.07, 6.45) is 7.25. The second-order valence-corrected chi connectivity index (χ2v) is 10.2. The van der Waals surface area contributed by atoms with E-state index in [0.717, 1.165) is 12.2 Å². The van der Waals surface area contributed by atoms with Crippen molar-refractivity contribution >= 4 is 21.7 Å². The molecule has 1 saturated carbocycles. The van der Waals surface area contributed by atoms with Crippen LogP contribution in [0.3, 0.4) is 0 Å². The maximum Gasteiger partial charge on any atom is 0.335 e. The van der Waals surface area contributed by atoms with Crippen LogP contribution in [0.2, 0.25) is 0 Å². The number of methoxy groups -OCH3 is 1. The smallest absolute Gasteiger partial charge is 0.335 e. The second kappa shape index (κ2) is 9.89. The average Bonchev–Trinajstić information content (AvgIpc) is 3.36. The van der Waals surface area contributed by atoms with Crippen LogP contribution in [-0.4, -0.2) is 31.6 Å². The quantitative estimate of drug-likeness (QED) is 0.431. The molecule has 0 spiro atoms. The second-order valence-electron chi connectivity index (χ2n) is 8.56. The molecule has 1 heterocycles. The highest BCUT2D eigenvalue weighted by atomic mass is 32.2. The van der Waals surface area contributed by atoms with Gasteiger partial charge in [0.2, 0.25) is 10.9 Å². The van der Waals surface area contributed by atoms with Crippen LogP contribution in [0.15, 0.2) is 58.2 Å². The zero-order chi connectivity index (χ0) is 24.3. The topological polar surface area (TPSA) is 119 Å². The van der Waals surface area contributed by atoms with Crippen molar-refractivity contribution in [3.8, 4) is 17.2 Å². The van der Waals surface area contributed by atoms with Crippen molar-refractivity contribution in [3.63, 3.8) is 0 Å². The Morgan fingerprint density at radius 3 is 2.47 bits per heavy atom. The molecule has 0 saturated heterocycles. The normalized spacial score (nSPS) is 18.4. The Balaban J connectivity index is 1.49. The molecule has 2 N–H and O–H groups in total. The molecule has 2 aromatic carbocycles. The monoisotopic (exact) mass is 484 g/mol. The number of hydrogen-bond donors (Lipinski definition) is 2. The third-order valence-electron chi connectivity index (χ3n) is 6.50. The van der Waals surface area contributed by atoms with Gasteiger partial charge in [-0.15, -0.1) is 0 Å². The summed E-state index contributed by atoms with van der Waals surface area (Å²) in [5.74, 6) is 0.537. The number of carboxylic acids is 1. The maximum absolute atomic E-state index is 12.8. The Morgan fingerprint density at radius 1 is 1.15 bits per heavy atom. The summed E-state index contributed by atoms with van der Waals surface area (Å²) in [5.41, 5.74) is 2.05. The number of anilines is 1. The average molecular weight is 485 g/mol. The summed E-state index contributed by atoms with van der Waals surface area (Å²) >= 11 is 0. The fourth-order valence-electron chi connectivity index (χ4n) is 4.42. The van der Waals surface area contributed by atoms with Crippen LogP contribution >= 0.6 is 0 Å². The summed E-state index contributed by atoms with van der Waals surface area (Å²) in [7, 11) is -2.76. The molecule has 8 nitrogen and oxygen atoms in total. The first-order valence-electron chi connectivity index (χ1n) is 11.3. The van der Waals surface area contributed by atoms with Gasteiger partial charge in [0.15, 0.2) is 0 Å². The molecule has 0 amide bonds. The molecule has 0 unspecified atom stereocenters. The molecule has 0 radical (unpaired) electrons. The first-order valence-corrected chi connectivity index (χ1v) is 12.8. The number of aromatic nitrogens is 1. The highest BCUT2D eigenvalue weighted by Crippen LogP contribution is 2.37. The molecule has 34 heavy (non-hydrogen) atoms. The molecule has 1 aliphatic carbocycles. The SMILES string of the molecule is CC[C@H]1CC[C@@H](c2ccc(-c3nc(S(=O)(=O)Nc4ccc(C(=O)O)cc4OC)co3)cc2)CC1. The lowest BCUT2D eigenvalue weighted by Crippen LogP contribution is -2.14. The number of hydrogen-bond acceptors (Lipinski definition) is 6. The maximum atomic E-state index is 12.8. The van der Waals surface area contributed by atoms with Gasteiger partial charge in [-0.1, -0.05) is 25.5 Å². The van der Waals surface area contributed by atoms with Gasteiger partial charge in [0.1, 0.15) is 12.0 Å². The van der Waals surface area contributed by atoms with Crippen molar-refractivity contribution in [2.75, 3.05) is 11.8 Å². The van der Waals surface area contributed by atoms with Crippen LogP contribution < -0.4 is 9.46 Å². The third-order valence-corrected chi connectivity index (χ3v) is 7.73. The van der Waals surface area contributed by atoms with E-state index in [4.69, 9.17) is 14.3 Å². The molecular weight excluding hydrogens is 456 g/mol. The summed E-state index contributed by atoms with van der Waals surface area (Å²) in [4.78, 5) is 15.3. The minimum absolute atomic E-state index is 0.0228. The van der Waals surface area contributed by atoms with Crippen LogP contribution in [0.1, 0.15) is 60.9 Å². The molecule has 9 heteroatoms. The number of aromatic carboxylic acids is 1. The van der Waals surface area contributed by atoms with Crippen molar-refractivity contribution < 1.29 is 27.5 Å². The van der Waals surface area contributed by atoms with Gasteiger partial charge >= 0.3 is 5.97 Å². The Bertz CT molecular complexity index is 1260. The van der Waals surface area contributed by atoms with Crippen molar-refractivity contribution in [1.82, 2.24) is 4.98 Å². The lowest BCUT2D eigenvalue weighted by Gasteiger charge is -2.28. The van der Waals surface area contributed by atoms with Crippen LogP contribution in [0, 0.1) is 5.92 Å². The van der Waals surface area contributed by atoms with E-state index in [0.29, 0.717) is 11.5 Å². The summed E-state index contributed by atoms with van der Waals surface area (Å²) < 4.78 is 38.6. The molecule has 0 atom stereocenters. The molecule has 1 aliphatic rings. The zero-order valence-corrected chi connectivity index (χ0v) is 20.0. The lowest BCUT2D eigenvalue weighted by atomic mass is 9.78. The van der Waals surface area contributed by atoms with Gasteiger partial charge in [-0.3, -0.25) is 4.72 Å². The highest BCUT2D eigenvalue weighted by molar-refractivity contribution is 7.92. The standard InChI is InChI=1S/C25H28N2O6S/c1-3-16-4-6-17(7-5-16)18-8-10-19(11-9-18)24-26-23(15-33-24)34(30,31)27-21-13-12-20(25(28)29)14-22(21)32-2/h8-17,27H,3-7H2,1-2H3,(H,28,29)/t16-,17+. The summed E-state index contributed by atoms with van der Waals surface area (Å²) in [5, 5.41) is 8.83. The van der Waals surface area contributed by atoms with E-state index in [1.54, 1.807) is 0 Å². The number of nitrogens with one attached hydrogen (secondary N) is 1. The first-order chi connectivity index (χ1) is 16.3. The molecule has 1 aromatic heterocycles. The van der Waals surface area contributed by atoms with Crippen LogP contribution in [0.4, 0.5) is 5.69 Å². The molecule has 3 aromatic rings. The molecule has 180 valence electrons. The van der Waals surface area contributed by atoms with E-state index in [1.165, 1.54) is 63.0 Å². The van der Waals surface area contributed by atoms with Gasteiger partial charge in [-0.25, -0.2) is 4.79 Å². The summed E-state index contributed by atoms with van der Waals surface area (Å²) in [6, 6.07) is 11.8. The predicted octanol–water partition coefficient (Wildman–Crippen LogP) is 5.53. The summed E-state index contributed by atoms with van der Waals surface area (Å²) in [6.45, 7) is 2.26. The van der Waals surface area contributed by atoms with E-state index in [-0.39, 0.29) is 27.9 Å². The van der Waals surface area contributed by atoms with Crippen LogP contribution in [-0.2, 0) is 10.0 Å². The lowest BCUT2D eigenvalue weighted by molar-refractivity contribution is 0.0696. The number of rotatable bonds is 8. The number of oxazole rings is 1. The fraction of sp³-hybridized carbons (Fsp3) is 0.360.